The predicted octanol–water partition coefficient (Wildman–Crippen LogP) is 3.21. The van der Waals surface area contributed by atoms with Crippen LogP contribution in [-0.4, -0.2) is 23.1 Å². The summed E-state index contributed by atoms with van der Waals surface area (Å²) >= 11 is 1.52. The molecule has 0 bridgehead atoms. The van der Waals surface area contributed by atoms with Gasteiger partial charge in [0.15, 0.2) is 0 Å². The van der Waals surface area contributed by atoms with Crippen LogP contribution in [0.15, 0.2) is 54.0 Å². The van der Waals surface area contributed by atoms with E-state index in [0.29, 0.717) is 19.0 Å². The Morgan fingerprint density at radius 2 is 1.92 bits per heavy atom. The van der Waals surface area contributed by atoms with Gasteiger partial charge in [0, 0.05) is 29.2 Å². The van der Waals surface area contributed by atoms with Gasteiger partial charge in [0.05, 0.1) is 19.3 Å². The van der Waals surface area contributed by atoms with Crippen molar-refractivity contribution in [3.8, 4) is 17.1 Å². The summed E-state index contributed by atoms with van der Waals surface area (Å²) in [6.07, 6.45) is 1.65. The number of rotatable bonds is 6. The quantitative estimate of drug-likeness (QED) is 0.713. The summed E-state index contributed by atoms with van der Waals surface area (Å²) < 4.78 is 5.16. The number of benzene rings is 1. The second kappa shape index (κ2) is 8.25. The van der Waals surface area contributed by atoms with E-state index in [1.165, 1.54) is 11.3 Å². The minimum Gasteiger partial charge on any atom is -0.481 e. The molecule has 128 valence electrons. The van der Waals surface area contributed by atoms with Crippen molar-refractivity contribution in [1.82, 2.24) is 20.6 Å². The lowest BCUT2D eigenvalue weighted by Crippen LogP contribution is -2.34. The normalized spacial score (nSPS) is 10.3. The largest absolute Gasteiger partial charge is 0.481 e. The number of carbonyl (C=O) groups excluding carboxylic acids is 1. The zero-order valence-electron chi connectivity index (χ0n) is 13.7. The van der Waals surface area contributed by atoms with Gasteiger partial charge in [0.2, 0.25) is 5.88 Å². The van der Waals surface area contributed by atoms with Crippen molar-refractivity contribution in [3.63, 3.8) is 0 Å². The van der Waals surface area contributed by atoms with Crippen molar-refractivity contribution in [3.05, 3.63) is 64.6 Å². The maximum Gasteiger partial charge on any atom is 0.315 e. The van der Waals surface area contributed by atoms with Crippen LogP contribution in [0.25, 0.3) is 11.3 Å². The molecule has 0 aliphatic heterocycles. The van der Waals surface area contributed by atoms with Gasteiger partial charge >= 0.3 is 6.03 Å². The molecule has 0 radical (unpaired) electrons. The van der Waals surface area contributed by atoms with E-state index in [0.717, 1.165) is 21.8 Å². The predicted molar refractivity (Wildman–Crippen MR) is 97.4 cm³/mol. The molecule has 2 N–H and O–H groups in total. The van der Waals surface area contributed by atoms with Crippen LogP contribution in [0.3, 0.4) is 0 Å². The molecule has 2 amide bonds. The summed E-state index contributed by atoms with van der Waals surface area (Å²) in [5.41, 5.74) is 2.81. The first kappa shape index (κ1) is 16.9. The number of ether oxygens (including phenoxy) is 1. The fourth-order valence-corrected chi connectivity index (χ4v) is 3.01. The Morgan fingerprint density at radius 1 is 1.12 bits per heavy atom. The summed E-state index contributed by atoms with van der Waals surface area (Å²) in [6.45, 7) is 0.726. The van der Waals surface area contributed by atoms with Gasteiger partial charge in [0.1, 0.15) is 5.01 Å². The van der Waals surface area contributed by atoms with Crippen molar-refractivity contribution >= 4 is 17.4 Å². The average molecular weight is 354 g/mol. The Morgan fingerprint density at radius 3 is 2.72 bits per heavy atom. The number of amides is 2. The second-order valence-corrected chi connectivity index (χ2v) is 6.14. The number of hydrogen-bond acceptors (Lipinski definition) is 5. The molecule has 0 aliphatic carbocycles. The molecule has 0 aliphatic rings. The molecular weight excluding hydrogens is 336 g/mol. The van der Waals surface area contributed by atoms with E-state index < -0.39 is 0 Å². The Bertz CT molecular complexity index is 836. The zero-order valence-corrected chi connectivity index (χ0v) is 14.5. The van der Waals surface area contributed by atoms with E-state index in [-0.39, 0.29) is 6.03 Å². The number of nitrogens with zero attached hydrogens (tertiary/aromatic N) is 2. The lowest BCUT2D eigenvalue weighted by Gasteiger charge is -2.09. The van der Waals surface area contributed by atoms with E-state index in [1.54, 1.807) is 19.4 Å². The minimum atomic E-state index is -0.262. The van der Waals surface area contributed by atoms with Crippen LogP contribution < -0.4 is 15.4 Å². The third kappa shape index (κ3) is 4.54. The molecule has 1 aromatic carbocycles. The molecule has 6 nitrogen and oxygen atoms in total. The average Bonchev–Trinajstić information content (AvgIpc) is 3.14. The van der Waals surface area contributed by atoms with E-state index >= 15 is 0 Å². The number of aromatic nitrogens is 2. The zero-order chi connectivity index (χ0) is 17.5. The van der Waals surface area contributed by atoms with Crippen molar-refractivity contribution in [2.24, 2.45) is 0 Å². The molecule has 7 heteroatoms. The lowest BCUT2D eigenvalue weighted by molar-refractivity contribution is 0.240. The lowest BCUT2D eigenvalue weighted by atomic mass is 10.2. The van der Waals surface area contributed by atoms with Crippen LogP contribution in [0.2, 0.25) is 0 Å². The summed E-state index contributed by atoms with van der Waals surface area (Å²) in [5, 5.41) is 8.44. The first-order valence-corrected chi connectivity index (χ1v) is 8.63. The van der Waals surface area contributed by atoms with Crippen LogP contribution in [0, 0.1) is 0 Å². The van der Waals surface area contributed by atoms with Crippen LogP contribution in [0.5, 0.6) is 5.88 Å². The van der Waals surface area contributed by atoms with Gasteiger partial charge in [-0.3, -0.25) is 0 Å². The SMILES string of the molecule is COc1ncccc1CNC(=O)NCc1nc(-c2ccccc2)cs1. The van der Waals surface area contributed by atoms with Gasteiger partial charge in [-0.25, -0.2) is 14.8 Å². The molecule has 0 saturated heterocycles. The van der Waals surface area contributed by atoms with E-state index in [4.69, 9.17) is 4.74 Å². The first-order valence-electron chi connectivity index (χ1n) is 7.75. The molecule has 25 heavy (non-hydrogen) atoms. The number of carbonyl (C=O) groups is 1. The molecule has 0 unspecified atom stereocenters. The fourth-order valence-electron chi connectivity index (χ4n) is 2.27. The Kier molecular flexibility index (Phi) is 5.58. The maximum atomic E-state index is 12.0. The standard InChI is InChI=1S/C18H18N4O2S/c1-24-17-14(8-5-9-19-17)10-20-18(23)21-11-16-22-15(12-25-16)13-6-3-2-4-7-13/h2-9,12H,10-11H2,1H3,(H2,20,21,23). The number of thiazole rings is 1. The highest BCUT2D eigenvalue weighted by molar-refractivity contribution is 7.09. The summed E-state index contributed by atoms with van der Waals surface area (Å²) in [7, 11) is 1.55. The van der Waals surface area contributed by atoms with Crippen LogP contribution >= 0.6 is 11.3 Å². The molecule has 0 spiro atoms. The van der Waals surface area contributed by atoms with Crippen LogP contribution in [-0.2, 0) is 13.1 Å². The molecule has 0 atom stereocenters. The topological polar surface area (TPSA) is 76.1 Å². The van der Waals surface area contributed by atoms with E-state index in [9.17, 15) is 4.79 Å². The monoisotopic (exact) mass is 354 g/mol. The summed E-state index contributed by atoms with van der Waals surface area (Å²) in [4.78, 5) is 20.6. The maximum absolute atomic E-state index is 12.0. The Hall–Kier alpha value is -2.93. The van der Waals surface area contributed by atoms with Crippen molar-refractivity contribution in [1.29, 1.82) is 0 Å². The van der Waals surface area contributed by atoms with Gasteiger partial charge in [-0.1, -0.05) is 36.4 Å². The molecule has 3 rings (SSSR count). The molecule has 0 saturated carbocycles. The highest BCUT2D eigenvalue weighted by atomic mass is 32.1. The highest BCUT2D eigenvalue weighted by Gasteiger charge is 2.08. The molecule has 2 heterocycles. The molecule has 3 aromatic rings. The van der Waals surface area contributed by atoms with Gasteiger partial charge in [-0.2, -0.15) is 0 Å². The Labute approximate surface area is 149 Å². The second-order valence-electron chi connectivity index (χ2n) is 5.20. The van der Waals surface area contributed by atoms with Gasteiger partial charge in [-0.15, -0.1) is 11.3 Å². The van der Waals surface area contributed by atoms with Gasteiger partial charge in [-0.05, 0) is 6.07 Å². The molecular formula is C18H18N4O2S. The number of pyridine rings is 1. The Balaban J connectivity index is 1.50. The van der Waals surface area contributed by atoms with E-state index in [1.807, 2.05) is 41.8 Å². The van der Waals surface area contributed by atoms with Crippen molar-refractivity contribution < 1.29 is 9.53 Å². The third-order valence-electron chi connectivity index (χ3n) is 3.50. The van der Waals surface area contributed by atoms with Gasteiger partial charge < -0.3 is 15.4 Å². The summed E-state index contributed by atoms with van der Waals surface area (Å²) in [5.74, 6) is 0.509. The highest BCUT2D eigenvalue weighted by Crippen LogP contribution is 2.21. The molecule has 0 fully saturated rings. The van der Waals surface area contributed by atoms with Crippen LogP contribution in [0.4, 0.5) is 4.79 Å². The number of methoxy groups -OCH3 is 1. The van der Waals surface area contributed by atoms with Crippen LogP contribution in [0.1, 0.15) is 10.6 Å². The van der Waals surface area contributed by atoms with E-state index in [2.05, 4.69) is 20.6 Å². The number of hydrogen-bond donors (Lipinski definition) is 2. The molecule has 2 aromatic heterocycles. The fraction of sp³-hybridized carbons (Fsp3) is 0.167. The smallest absolute Gasteiger partial charge is 0.315 e. The van der Waals surface area contributed by atoms with Crippen molar-refractivity contribution in [2.45, 2.75) is 13.1 Å². The first-order chi connectivity index (χ1) is 12.3. The number of nitrogens with one attached hydrogen (secondary N) is 2. The van der Waals surface area contributed by atoms with Gasteiger partial charge in [0.25, 0.3) is 0 Å². The number of urea groups is 1. The third-order valence-corrected chi connectivity index (χ3v) is 4.35. The van der Waals surface area contributed by atoms with Crippen molar-refractivity contribution in [2.75, 3.05) is 7.11 Å². The summed E-state index contributed by atoms with van der Waals surface area (Å²) in [6, 6.07) is 13.4. The minimum absolute atomic E-state index is 0.262.